The molecule has 1 atom stereocenters. The third kappa shape index (κ3) is 2.45. The summed E-state index contributed by atoms with van der Waals surface area (Å²) >= 11 is 0. The van der Waals surface area contributed by atoms with Crippen LogP contribution < -0.4 is 10.9 Å². The summed E-state index contributed by atoms with van der Waals surface area (Å²) in [5, 5.41) is 3.43. The lowest BCUT2D eigenvalue weighted by atomic mass is 10.2. The Morgan fingerprint density at radius 1 is 1.27 bits per heavy atom. The fourth-order valence-corrected chi connectivity index (χ4v) is 2.30. The predicted octanol–water partition coefficient (Wildman–Crippen LogP) is 2.38. The number of benzene rings is 1. The van der Waals surface area contributed by atoms with E-state index in [4.69, 9.17) is 0 Å². The molecule has 1 amide bonds. The lowest BCUT2D eigenvalue weighted by Gasteiger charge is -2.12. The molecule has 0 fully saturated rings. The van der Waals surface area contributed by atoms with E-state index in [1.54, 1.807) is 36.5 Å². The van der Waals surface area contributed by atoms with Crippen molar-refractivity contribution >= 4 is 22.5 Å². The van der Waals surface area contributed by atoms with Crippen molar-refractivity contribution in [2.45, 2.75) is 26.3 Å². The van der Waals surface area contributed by atoms with Gasteiger partial charge in [-0.25, -0.2) is 4.98 Å². The second kappa shape index (κ2) is 5.60. The molecule has 2 heterocycles. The van der Waals surface area contributed by atoms with Gasteiger partial charge in [-0.3, -0.25) is 14.0 Å². The first-order valence-corrected chi connectivity index (χ1v) is 7.32. The number of nitrogens with one attached hydrogen (secondary N) is 1. The van der Waals surface area contributed by atoms with Crippen molar-refractivity contribution in [3.05, 3.63) is 58.5 Å². The number of nitrogens with zero attached hydrogens (tertiary/aromatic N) is 2. The molecule has 5 heteroatoms. The summed E-state index contributed by atoms with van der Waals surface area (Å²) in [7, 11) is 0. The molecule has 5 nitrogen and oxygen atoms in total. The smallest absolute Gasteiger partial charge is 0.265 e. The van der Waals surface area contributed by atoms with Crippen molar-refractivity contribution in [2.75, 3.05) is 0 Å². The van der Waals surface area contributed by atoms with Crippen LogP contribution in [0.4, 0.5) is 0 Å². The summed E-state index contributed by atoms with van der Waals surface area (Å²) < 4.78 is 1.42. The Labute approximate surface area is 127 Å². The Morgan fingerprint density at radius 2 is 2.05 bits per heavy atom. The Hall–Kier alpha value is -2.69. The van der Waals surface area contributed by atoms with E-state index in [0.29, 0.717) is 22.1 Å². The summed E-state index contributed by atoms with van der Waals surface area (Å²) in [4.78, 5) is 29.2. The molecular formula is C17H17N3O2. The maximum absolute atomic E-state index is 12.5. The van der Waals surface area contributed by atoms with Gasteiger partial charge in [0.2, 0.25) is 0 Å². The number of para-hydroxylation sites is 1. The molecule has 0 unspecified atom stereocenters. The van der Waals surface area contributed by atoms with E-state index in [-0.39, 0.29) is 17.5 Å². The molecule has 0 radical (unpaired) electrons. The Kier molecular flexibility index (Phi) is 3.63. The normalized spacial score (nSPS) is 12.5. The second-order valence-corrected chi connectivity index (χ2v) is 5.36. The van der Waals surface area contributed by atoms with Crippen molar-refractivity contribution in [3.63, 3.8) is 0 Å². The van der Waals surface area contributed by atoms with Crippen molar-refractivity contribution < 1.29 is 4.79 Å². The van der Waals surface area contributed by atoms with Crippen molar-refractivity contribution in [1.82, 2.24) is 14.7 Å². The van der Waals surface area contributed by atoms with Gasteiger partial charge in [0.25, 0.3) is 11.5 Å². The number of pyridine rings is 1. The highest BCUT2D eigenvalue weighted by atomic mass is 16.2. The molecule has 112 valence electrons. The van der Waals surface area contributed by atoms with E-state index in [2.05, 4.69) is 10.3 Å². The van der Waals surface area contributed by atoms with E-state index < -0.39 is 0 Å². The van der Waals surface area contributed by atoms with E-state index in [9.17, 15) is 9.59 Å². The lowest BCUT2D eigenvalue weighted by Crippen LogP contribution is -2.32. The molecule has 3 aromatic rings. The number of hydrogen-bond acceptors (Lipinski definition) is 3. The van der Waals surface area contributed by atoms with Gasteiger partial charge in [-0.05, 0) is 37.6 Å². The number of fused-ring (bicyclic) bond motifs is 2. The third-order valence-corrected chi connectivity index (χ3v) is 3.77. The quantitative estimate of drug-likeness (QED) is 0.755. The average molecular weight is 295 g/mol. The van der Waals surface area contributed by atoms with Crippen LogP contribution in [0.1, 0.15) is 30.6 Å². The fraction of sp³-hybridized carbons (Fsp3) is 0.235. The molecule has 3 rings (SSSR count). The molecule has 1 N–H and O–H groups in total. The monoisotopic (exact) mass is 295 g/mol. The Morgan fingerprint density at radius 3 is 2.82 bits per heavy atom. The second-order valence-electron chi connectivity index (χ2n) is 5.36. The minimum Gasteiger partial charge on any atom is -0.350 e. The largest absolute Gasteiger partial charge is 0.350 e. The highest BCUT2D eigenvalue weighted by molar-refractivity contribution is 5.94. The Bertz CT molecular complexity index is 915. The zero-order chi connectivity index (χ0) is 15.7. The molecule has 0 bridgehead atoms. The number of carbonyl (C=O) groups excluding carboxylic acids is 1. The molecule has 0 aliphatic heterocycles. The number of carbonyl (C=O) groups is 1. The van der Waals surface area contributed by atoms with Crippen LogP contribution >= 0.6 is 0 Å². The molecule has 0 aliphatic carbocycles. The number of rotatable bonds is 3. The lowest BCUT2D eigenvalue weighted by molar-refractivity contribution is 0.0939. The first-order chi connectivity index (χ1) is 10.6. The van der Waals surface area contributed by atoms with Crippen LogP contribution in [0.15, 0.2) is 47.4 Å². The SMILES string of the molecule is CC[C@@H](C)NC(=O)c1ccc2nc3ccccc3c(=O)n2c1. The zero-order valence-electron chi connectivity index (χ0n) is 12.5. The molecule has 0 aliphatic rings. The van der Waals surface area contributed by atoms with E-state index in [1.165, 1.54) is 4.40 Å². The molecule has 0 saturated heterocycles. The standard InChI is InChI=1S/C17H17N3O2/c1-3-11(2)18-16(21)12-8-9-15-19-14-7-5-4-6-13(14)17(22)20(15)10-12/h4-11H,3H2,1-2H3,(H,18,21)/t11-/m1/s1. The van der Waals surface area contributed by atoms with Crippen LogP contribution in [0.3, 0.4) is 0 Å². The third-order valence-electron chi connectivity index (χ3n) is 3.77. The van der Waals surface area contributed by atoms with Gasteiger partial charge >= 0.3 is 0 Å². The van der Waals surface area contributed by atoms with Crippen LogP contribution in [-0.2, 0) is 0 Å². The van der Waals surface area contributed by atoms with Crippen LogP contribution in [-0.4, -0.2) is 21.3 Å². The minimum atomic E-state index is -0.184. The van der Waals surface area contributed by atoms with Crippen LogP contribution in [0, 0.1) is 0 Å². The van der Waals surface area contributed by atoms with Crippen molar-refractivity contribution in [2.24, 2.45) is 0 Å². The van der Waals surface area contributed by atoms with E-state index in [1.807, 2.05) is 19.9 Å². The average Bonchev–Trinajstić information content (AvgIpc) is 2.54. The van der Waals surface area contributed by atoms with Gasteiger partial charge in [0.05, 0.1) is 16.5 Å². The Balaban J connectivity index is 2.13. The van der Waals surface area contributed by atoms with Gasteiger partial charge in [0.1, 0.15) is 5.65 Å². The maximum Gasteiger partial charge on any atom is 0.265 e. The van der Waals surface area contributed by atoms with E-state index in [0.717, 1.165) is 6.42 Å². The number of hydrogen-bond donors (Lipinski definition) is 1. The summed E-state index contributed by atoms with van der Waals surface area (Å²) in [6, 6.07) is 10.7. The fourth-order valence-electron chi connectivity index (χ4n) is 2.30. The van der Waals surface area contributed by atoms with Gasteiger partial charge in [0.15, 0.2) is 0 Å². The number of amides is 1. The topological polar surface area (TPSA) is 63.5 Å². The summed E-state index contributed by atoms with van der Waals surface area (Å²) in [6.07, 6.45) is 2.40. The van der Waals surface area contributed by atoms with Gasteiger partial charge in [0, 0.05) is 12.2 Å². The van der Waals surface area contributed by atoms with Crippen molar-refractivity contribution in [3.8, 4) is 0 Å². The van der Waals surface area contributed by atoms with Crippen LogP contribution in [0.5, 0.6) is 0 Å². The summed E-state index contributed by atoms with van der Waals surface area (Å²) in [6.45, 7) is 3.95. The number of aromatic nitrogens is 2. The molecule has 0 spiro atoms. The van der Waals surface area contributed by atoms with Crippen LogP contribution in [0.2, 0.25) is 0 Å². The van der Waals surface area contributed by atoms with Gasteiger partial charge in [-0.15, -0.1) is 0 Å². The highest BCUT2D eigenvalue weighted by Gasteiger charge is 2.11. The first-order valence-electron chi connectivity index (χ1n) is 7.32. The zero-order valence-corrected chi connectivity index (χ0v) is 12.5. The summed E-state index contributed by atoms with van der Waals surface area (Å²) in [5.41, 5.74) is 1.47. The first kappa shape index (κ1) is 14.3. The highest BCUT2D eigenvalue weighted by Crippen LogP contribution is 2.10. The van der Waals surface area contributed by atoms with Gasteiger partial charge < -0.3 is 5.32 Å². The van der Waals surface area contributed by atoms with Crippen molar-refractivity contribution in [1.29, 1.82) is 0 Å². The molecule has 22 heavy (non-hydrogen) atoms. The van der Waals surface area contributed by atoms with Gasteiger partial charge in [-0.1, -0.05) is 19.1 Å². The molecule has 1 aromatic carbocycles. The minimum absolute atomic E-state index is 0.0923. The molecule has 2 aromatic heterocycles. The van der Waals surface area contributed by atoms with Crippen LogP contribution in [0.25, 0.3) is 16.6 Å². The maximum atomic E-state index is 12.5. The predicted molar refractivity (Wildman–Crippen MR) is 86.2 cm³/mol. The van der Waals surface area contributed by atoms with Gasteiger partial charge in [-0.2, -0.15) is 0 Å². The molecular weight excluding hydrogens is 278 g/mol. The van der Waals surface area contributed by atoms with E-state index >= 15 is 0 Å². The molecule has 0 saturated carbocycles. The summed E-state index contributed by atoms with van der Waals surface area (Å²) in [5.74, 6) is -0.184.